The minimum atomic E-state index is 0.484. The lowest BCUT2D eigenvalue weighted by atomic mass is 10.2. The predicted molar refractivity (Wildman–Crippen MR) is 77.6 cm³/mol. The summed E-state index contributed by atoms with van der Waals surface area (Å²) in [6.45, 7) is 1.97. The molecule has 0 aliphatic carbocycles. The summed E-state index contributed by atoms with van der Waals surface area (Å²) in [5.41, 5.74) is 8.97. The Morgan fingerprint density at radius 2 is 1.84 bits per heavy atom. The molecule has 3 aromatic rings. The van der Waals surface area contributed by atoms with Crippen LogP contribution in [0.25, 0.3) is 17.0 Å². The zero-order chi connectivity index (χ0) is 13.6. The number of hydrogen-bond donors (Lipinski definition) is 1. The molecule has 2 aromatic heterocycles. The van der Waals surface area contributed by atoms with Crippen molar-refractivity contribution in [2.24, 2.45) is 0 Å². The molecule has 0 spiro atoms. The number of fused-ring (bicyclic) bond motifs is 1. The highest BCUT2D eigenvalue weighted by atomic mass is 35.5. The van der Waals surface area contributed by atoms with E-state index < -0.39 is 0 Å². The van der Waals surface area contributed by atoms with E-state index in [1.807, 2.05) is 29.5 Å². The molecule has 1 aromatic carbocycles. The van der Waals surface area contributed by atoms with Crippen LogP contribution >= 0.6 is 23.2 Å². The number of halogens is 2. The average Bonchev–Trinajstić information content (AvgIpc) is 2.83. The van der Waals surface area contributed by atoms with Crippen LogP contribution < -0.4 is 5.73 Å². The highest BCUT2D eigenvalue weighted by molar-refractivity contribution is 6.42. The first-order valence-corrected chi connectivity index (χ1v) is 6.39. The molecule has 0 aliphatic heterocycles. The number of aryl methyl sites for hydroxylation is 1. The molecule has 0 bridgehead atoms. The number of hydrogen-bond acceptors (Lipinski definition) is 3. The SMILES string of the molecule is Cc1ccc(N)c2nnc(-c3ccc(Cl)c(Cl)c3)n12. The van der Waals surface area contributed by atoms with Crippen LogP contribution in [0.2, 0.25) is 10.0 Å². The molecule has 96 valence electrons. The Labute approximate surface area is 119 Å². The Balaban J connectivity index is 2.31. The van der Waals surface area contributed by atoms with E-state index in [0.717, 1.165) is 11.3 Å². The van der Waals surface area contributed by atoms with Crippen LogP contribution in [-0.4, -0.2) is 14.6 Å². The molecule has 0 saturated carbocycles. The van der Waals surface area contributed by atoms with Crippen molar-refractivity contribution in [2.75, 3.05) is 5.73 Å². The number of nitrogen functional groups attached to an aromatic ring is 1. The van der Waals surface area contributed by atoms with E-state index in [2.05, 4.69) is 10.2 Å². The lowest BCUT2D eigenvalue weighted by Crippen LogP contribution is -1.98. The summed E-state index contributed by atoms with van der Waals surface area (Å²) in [6.07, 6.45) is 0. The predicted octanol–water partition coefficient (Wildman–Crippen LogP) is 3.59. The summed E-state index contributed by atoms with van der Waals surface area (Å²) in [5, 5.41) is 9.30. The van der Waals surface area contributed by atoms with Crippen LogP contribution in [0.15, 0.2) is 30.3 Å². The Kier molecular flexibility index (Phi) is 2.84. The number of nitrogens with zero attached hydrogens (tertiary/aromatic N) is 3. The first-order chi connectivity index (χ1) is 9.08. The zero-order valence-electron chi connectivity index (χ0n) is 10.1. The summed E-state index contributed by atoms with van der Waals surface area (Å²) in [6, 6.07) is 9.10. The number of benzene rings is 1. The maximum absolute atomic E-state index is 6.04. The molecular weight excluding hydrogens is 283 g/mol. The zero-order valence-corrected chi connectivity index (χ0v) is 11.6. The van der Waals surface area contributed by atoms with Gasteiger partial charge in [-0.2, -0.15) is 0 Å². The summed E-state index contributed by atoms with van der Waals surface area (Å²) in [5.74, 6) is 0.693. The molecule has 0 unspecified atom stereocenters. The van der Waals surface area contributed by atoms with Crippen LogP contribution in [0.4, 0.5) is 5.69 Å². The number of aromatic nitrogens is 3. The van der Waals surface area contributed by atoms with Crippen molar-refractivity contribution in [1.29, 1.82) is 0 Å². The fourth-order valence-electron chi connectivity index (χ4n) is 1.99. The molecule has 0 saturated heterocycles. The maximum Gasteiger partial charge on any atom is 0.184 e. The molecule has 2 heterocycles. The monoisotopic (exact) mass is 292 g/mol. The number of nitrogens with two attached hydrogens (primary N) is 1. The van der Waals surface area contributed by atoms with Gasteiger partial charge in [-0.05, 0) is 37.3 Å². The van der Waals surface area contributed by atoms with Gasteiger partial charge in [-0.25, -0.2) is 0 Å². The molecule has 0 radical (unpaired) electrons. The van der Waals surface area contributed by atoms with E-state index in [1.54, 1.807) is 12.1 Å². The van der Waals surface area contributed by atoms with Crippen molar-refractivity contribution in [1.82, 2.24) is 14.6 Å². The second kappa shape index (κ2) is 4.40. The van der Waals surface area contributed by atoms with Gasteiger partial charge in [0.2, 0.25) is 0 Å². The Morgan fingerprint density at radius 3 is 2.58 bits per heavy atom. The first-order valence-electron chi connectivity index (χ1n) is 5.63. The number of anilines is 1. The van der Waals surface area contributed by atoms with Crippen LogP contribution in [-0.2, 0) is 0 Å². The van der Waals surface area contributed by atoms with E-state index in [9.17, 15) is 0 Å². The highest BCUT2D eigenvalue weighted by Gasteiger charge is 2.13. The van der Waals surface area contributed by atoms with Crippen molar-refractivity contribution in [3.05, 3.63) is 46.1 Å². The van der Waals surface area contributed by atoms with Gasteiger partial charge in [-0.15, -0.1) is 10.2 Å². The van der Waals surface area contributed by atoms with Gasteiger partial charge < -0.3 is 5.73 Å². The maximum atomic E-state index is 6.04. The second-order valence-electron chi connectivity index (χ2n) is 4.24. The van der Waals surface area contributed by atoms with Gasteiger partial charge in [0.1, 0.15) is 0 Å². The fourth-order valence-corrected chi connectivity index (χ4v) is 2.28. The molecule has 0 fully saturated rings. The molecule has 0 amide bonds. The standard InChI is InChI=1S/C13H10Cl2N4/c1-7-2-5-11(16)13-18-17-12(19(7)13)8-3-4-9(14)10(15)6-8/h2-6H,16H2,1H3. The topological polar surface area (TPSA) is 56.2 Å². The minimum Gasteiger partial charge on any atom is -0.396 e. The van der Waals surface area contributed by atoms with Crippen molar-refractivity contribution >= 4 is 34.5 Å². The molecule has 4 nitrogen and oxygen atoms in total. The van der Waals surface area contributed by atoms with Crippen LogP contribution in [0, 0.1) is 6.92 Å². The molecule has 19 heavy (non-hydrogen) atoms. The number of pyridine rings is 1. The molecule has 3 rings (SSSR count). The van der Waals surface area contributed by atoms with Crippen molar-refractivity contribution in [3.8, 4) is 11.4 Å². The normalized spacial score (nSPS) is 11.1. The Morgan fingerprint density at radius 1 is 1.05 bits per heavy atom. The summed E-state index contributed by atoms with van der Waals surface area (Å²) < 4.78 is 1.90. The summed E-state index contributed by atoms with van der Waals surface area (Å²) >= 11 is 12.0. The van der Waals surface area contributed by atoms with E-state index in [4.69, 9.17) is 28.9 Å². The summed E-state index contributed by atoms with van der Waals surface area (Å²) in [7, 11) is 0. The third-order valence-corrected chi connectivity index (χ3v) is 3.69. The summed E-state index contributed by atoms with van der Waals surface area (Å²) in [4.78, 5) is 0. The van der Waals surface area contributed by atoms with E-state index in [-0.39, 0.29) is 0 Å². The molecular formula is C13H10Cl2N4. The van der Waals surface area contributed by atoms with Crippen molar-refractivity contribution < 1.29 is 0 Å². The van der Waals surface area contributed by atoms with Gasteiger partial charge in [-0.1, -0.05) is 23.2 Å². The van der Waals surface area contributed by atoms with Gasteiger partial charge in [0, 0.05) is 11.3 Å². The fraction of sp³-hybridized carbons (Fsp3) is 0.0769. The van der Waals surface area contributed by atoms with Gasteiger partial charge in [-0.3, -0.25) is 4.40 Å². The van der Waals surface area contributed by atoms with Crippen molar-refractivity contribution in [2.45, 2.75) is 6.92 Å². The Bertz CT molecular complexity index is 780. The third kappa shape index (κ3) is 1.93. The molecule has 0 atom stereocenters. The van der Waals surface area contributed by atoms with Crippen LogP contribution in [0.1, 0.15) is 5.69 Å². The lowest BCUT2D eigenvalue weighted by Gasteiger charge is -2.06. The van der Waals surface area contributed by atoms with Gasteiger partial charge in [0.05, 0.1) is 15.7 Å². The second-order valence-corrected chi connectivity index (χ2v) is 5.06. The number of rotatable bonds is 1. The van der Waals surface area contributed by atoms with Crippen molar-refractivity contribution in [3.63, 3.8) is 0 Å². The largest absolute Gasteiger partial charge is 0.396 e. The lowest BCUT2D eigenvalue weighted by molar-refractivity contribution is 1.08. The van der Waals surface area contributed by atoms with E-state index >= 15 is 0 Å². The quantitative estimate of drug-likeness (QED) is 0.746. The third-order valence-electron chi connectivity index (χ3n) is 2.96. The smallest absolute Gasteiger partial charge is 0.184 e. The molecule has 6 heteroatoms. The van der Waals surface area contributed by atoms with Crippen LogP contribution in [0.3, 0.4) is 0 Å². The van der Waals surface area contributed by atoms with Crippen LogP contribution in [0.5, 0.6) is 0 Å². The van der Waals surface area contributed by atoms with E-state index in [1.165, 1.54) is 0 Å². The molecule has 0 aliphatic rings. The highest BCUT2D eigenvalue weighted by Crippen LogP contribution is 2.29. The van der Waals surface area contributed by atoms with Gasteiger partial charge in [0.25, 0.3) is 0 Å². The minimum absolute atomic E-state index is 0.484. The molecule has 2 N–H and O–H groups in total. The average molecular weight is 293 g/mol. The Hall–Kier alpha value is -1.78. The first kappa shape index (κ1) is 12.3. The van der Waals surface area contributed by atoms with Gasteiger partial charge >= 0.3 is 0 Å². The van der Waals surface area contributed by atoms with Gasteiger partial charge in [0.15, 0.2) is 11.5 Å². The van der Waals surface area contributed by atoms with E-state index in [0.29, 0.717) is 27.2 Å².